The van der Waals surface area contributed by atoms with E-state index in [-0.39, 0.29) is 0 Å². The van der Waals surface area contributed by atoms with E-state index < -0.39 is 0 Å². The predicted molar refractivity (Wildman–Crippen MR) is 74.9 cm³/mol. The number of aliphatic hydroxyl groups excluding tert-OH is 1. The van der Waals surface area contributed by atoms with E-state index in [1.54, 1.807) is 0 Å². The van der Waals surface area contributed by atoms with Gasteiger partial charge in [0.25, 0.3) is 0 Å². The molecule has 1 aromatic heterocycles. The van der Waals surface area contributed by atoms with Crippen LogP contribution in [0, 0.1) is 11.8 Å². The first-order chi connectivity index (χ1) is 9.17. The van der Waals surface area contributed by atoms with Gasteiger partial charge in [-0.25, -0.2) is 0 Å². The van der Waals surface area contributed by atoms with Crippen LogP contribution in [-0.2, 0) is 6.54 Å². The first-order valence-corrected chi connectivity index (χ1v) is 7.61. The number of hydrogen-bond acceptors (Lipinski definition) is 3. The van der Waals surface area contributed by atoms with Crippen LogP contribution >= 0.6 is 0 Å². The minimum Gasteiger partial charge on any atom is -0.464 e. The number of piperidine rings is 1. The lowest BCUT2D eigenvalue weighted by Gasteiger charge is -2.36. The van der Waals surface area contributed by atoms with Gasteiger partial charge in [-0.3, -0.25) is 4.90 Å². The monoisotopic (exact) mass is 263 g/mol. The predicted octanol–water partition coefficient (Wildman–Crippen LogP) is 3.00. The lowest BCUT2D eigenvalue weighted by Crippen LogP contribution is -2.42. The number of furan rings is 1. The first kappa shape index (κ1) is 13.2. The zero-order valence-corrected chi connectivity index (χ0v) is 12.0. The van der Waals surface area contributed by atoms with Crippen molar-refractivity contribution in [2.45, 2.75) is 51.6 Å². The van der Waals surface area contributed by atoms with E-state index in [1.165, 1.54) is 18.6 Å². The van der Waals surface area contributed by atoms with Crippen LogP contribution in [0.2, 0.25) is 0 Å². The van der Waals surface area contributed by atoms with Gasteiger partial charge < -0.3 is 9.52 Å². The van der Waals surface area contributed by atoms with Crippen LogP contribution in [0.3, 0.4) is 0 Å². The molecule has 1 N–H and O–H groups in total. The molecule has 0 amide bonds. The Bertz CT molecular complexity index is 428. The SMILES string of the molecule is CC1CC1c1ccc(CN2CC(CO)CCC2C)o1. The maximum absolute atomic E-state index is 9.33. The summed E-state index contributed by atoms with van der Waals surface area (Å²) >= 11 is 0. The van der Waals surface area contributed by atoms with Crippen LogP contribution in [0.4, 0.5) is 0 Å². The Morgan fingerprint density at radius 1 is 1.32 bits per heavy atom. The van der Waals surface area contributed by atoms with Crippen LogP contribution in [0.1, 0.15) is 50.5 Å². The second-order valence-electron chi connectivity index (χ2n) is 6.53. The van der Waals surface area contributed by atoms with Gasteiger partial charge in [-0.15, -0.1) is 0 Å². The van der Waals surface area contributed by atoms with Crippen molar-refractivity contribution >= 4 is 0 Å². The van der Waals surface area contributed by atoms with E-state index in [2.05, 4.69) is 30.9 Å². The number of aliphatic hydroxyl groups is 1. The summed E-state index contributed by atoms with van der Waals surface area (Å²) in [5, 5.41) is 9.33. The highest BCUT2D eigenvalue weighted by atomic mass is 16.3. The molecule has 0 bridgehead atoms. The summed E-state index contributed by atoms with van der Waals surface area (Å²) in [4.78, 5) is 2.45. The molecular weight excluding hydrogens is 238 g/mol. The summed E-state index contributed by atoms with van der Waals surface area (Å²) < 4.78 is 5.99. The van der Waals surface area contributed by atoms with Gasteiger partial charge in [0.05, 0.1) is 6.54 Å². The second-order valence-corrected chi connectivity index (χ2v) is 6.53. The Kier molecular flexibility index (Phi) is 3.68. The molecule has 1 aliphatic heterocycles. The van der Waals surface area contributed by atoms with Gasteiger partial charge in [0, 0.05) is 25.1 Å². The highest BCUT2D eigenvalue weighted by molar-refractivity contribution is 5.17. The van der Waals surface area contributed by atoms with Crippen LogP contribution in [0.25, 0.3) is 0 Å². The van der Waals surface area contributed by atoms with Crippen molar-refractivity contribution in [2.24, 2.45) is 11.8 Å². The molecule has 0 aromatic carbocycles. The lowest BCUT2D eigenvalue weighted by atomic mass is 9.94. The summed E-state index contributed by atoms with van der Waals surface area (Å²) in [7, 11) is 0. The minimum absolute atomic E-state index is 0.312. The fraction of sp³-hybridized carbons (Fsp3) is 0.750. The van der Waals surface area contributed by atoms with E-state index in [4.69, 9.17) is 4.42 Å². The van der Waals surface area contributed by atoms with Crippen molar-refractivity contribution in [3.8, 4) is 0 Å². The van der Waals surface area contributed by atoms with Crippen LogP contribution in [-0.4, -0.2) is 29.2 Å². The van der Waals surface area contributed by atoms with Crippen molar-refractivity contribution < 1.29 is 9.52 Å². The van der Waals surface area contributed by atoms with Gasteiger partial charge in [-0.05, 0) is 50.2 Å². The van der Waals surface area contributed by atoms with Crippen molar-refractivity contribution in [3.05, 3.63) is 23.7 Å². The lowest BCUT2D eigenvalue weighted by molar-refractivity contribution is 0.0715. The average molecular weight is 263 g/mol. The van der Waals surface area contributed by atoms with Gasteiger partial charge in [0.15, 0.2) is 0 Å². The summed E-state index contributed by atoms with van der Waals surface area (Å²) in [5.74, 6) is 4.16. The van der Waals surface area contributed by atoms with Crippen molar-refractivity contribution in [1.29, 1.82) is 0 Å². The molecule has 3 nitrogen and oxygen atoms in total. The molecule has 1 saturated carbocycles. The molecule has 19 heavy (non-hydrogen) atoms. The fourth-order valence-corrected chi connectivity index (χ4v) is 3.23. The van der Waals surface area contributed by atoms with E-state index in [0.717, 1.165) is 31.2 Å². The standard InChI is InChI=1S/C16H25NO2/c1-11-7-15(11)16-6-5-14(19-16)9-17-8-13(10-18)4-3-12(17)2/h5-6,11-13,15,18H,3-4,7-10H2,1-2H3. The molecule has 4 unspecified atom stereocenters. The van der Waals surface area contributed by atoms with Crippen molar-refractivity contribution in [1.82, 2.24) is 4.90 Å². The molecule has 2 heterocycles. The third kappa shape index (κ3) is 2.87. The number of likely N-dealkylation sites (tertiary alicyclic amines) is 1. The fourth-order valence-electron chi connectivity index (χ4n) is 3.23. The van der Waals surface area contributed by atoms with Crippen molar-refractivity contribution in [2.75, 3.05) is 13.2 Å². The highest BCUT2D eigenvalue weighted by Crippen LogP contribution is 2.47. The van der Waals surface area contributed by atoms with Gasteiger partial charge in [0.1, 0.15) is 11.5 Å². The minimum atomic E-state index is 0.312. The Balaban J connectivity index is 1.61. The van der Waals surface area contributed by atoms with E-state index in [0.29, 0.717) is 24.5 Å². The molecule has 0 radical (unpaired) electrons. The third-order valence-corrected chi connectivity index (χ3v) is 4.88. The number of nitrogens with zero attached hydrogens (tertiary/aromatic N) is 1. The summed E-state index contributed by atoms with van der Waals surface area (Å²) in [6, 6.07) is 4.88. The zero-order valence-electron chi connectivity index (χ0n) is 12.0. The van der Waals surface area contributed by atoms with Crippen LogP contribution in [0.5, 0.6) is 0 Å². The molecule has 0 spiro atoms. The number of rotatable bonds is 4. The maximum atomic E-state index is 9.33. The van der Waals surface area contributed by atoms with Gasteiger partial charge in [-0.1, -0.05) is 6.92 Å². The summed E-state index contributed by atoms with van der Waals surface area (Å²) in [6.07, 6.45) is 3.61. The quantitative estimate of drug-likeness (QED) is 0.907. The Hall–Kier alpha value is -0.800. The first-order valence-electron chi connectivity index (χ1n) is 7.61. The van der Waals surface area contributed by atoms with Crippen molar-refractivity contribution in [3.63, 3.8) is 0 Å². The normalized spacial score (nSPS) is 35.5. The molecular formula is C16H25NO2. The van der Waals surface area contributed by atoms with E-state index in [9.17, 15) is 5.11 Å². The van der Waals surface area contributed by atoms with Gasteiger partial charge in [0.2, 0.25) is 0 Å². The molecule has 2 aliphatic rings. The molecule has 2 fully saturated rings. The molecule has 1 aromatic rings. The zero-order chi connectivity index (χ0) is 13.4. The Morgan fingerprint density at radius 2 is 2.11 bits per heavy atom. The Morgan fingerprint density at radius 3 is 2.79 bits per heavy atom. The van der Waals surface area contributed by atoms with Gasteiger partial charge >= 0.3 is 0 Å². The number of hydrogen-bond donors (Lipinski definition) is 1. The van der Waals surface area contributed by atoms with E-state index in [1.807, 2.05) is 0 Å². The summed E-state index contributed by atoms with van der Waals surface area (Å²) in [5.41, 5.74) is 0. The molecule has 3 rings (SSSR count). The second kappa shape index (κ2) is 5.29. The molecule has 106 valence electrons. The highest BCUT2D eigenvalue weighted by Gasteiger charge is 2.36. The molecule has 1 saturated heterocycles. The Labute approximate surface area is 115 Å². The average Bonchev–Trinajstić information content (AvgIpc) is 2.96. The van der Waals surface area contributed by atoms with E-state index >= 15 is 0 Å². The molecule has 3 heteroatoms. The maximum Gasteiger partial charge on any atom is 0.118 e. The topological polar surface area (TPSA) is 36.6 Å². The largest absolute Gasteiger partial charge is 0.464 e. The van der Waals surface area contributed by atoms with Crippen LogP contribution < -0.4 is 0 Å². The molecule has 4 atom stereocenters. The van der Waals surface area contributed by atoms with Crippen LogP contribution in [0.15, 0.2) is 16.5 Å². The smallest absolute Gasteiger partial charge is 0.118 e. The van der Waals surface area contributed by atoms with Gasteiger partial charge in [-0.2, -0.15) is 0 Å². The molecule has 1 aliphatic carbocycles. The third-order valence-electron chi connectivity index (χ3n) is 4.88. The summed E-state index contributed by atoms with van der Waals surface area (Å²) in [6.45, 7) is 6.75.